The molecule has 5 nitrogen and oxygen atoms in total. The molecule has 1 N–H and O–H groups in total. The lowest BCUT2D eigenvalue weighted by Crippen LogP contribution is -2.25. The first-order valence-electron chi connectivity index (χ1n) is 7.15. The predicted molar refractivity (Wildman–Crippen MR) is 94.2 cm³/mol. The second kappa shape index (κ2) is 7.47. The second-order valence-corrected chi connectivity index (χ2v) is 6.89. The third-order valence-electron chi connectivity index (χ3n) is 3.25. The summed E-state index contributed by atoms with van der Waals surface area (Å²) in [7, 11) is 0. The summed E-state index contributed by atoms with van der Waals surface area (Å²) in [6.45, 7) is 0.613. The van der Waals surface area contributed by atoms with E-state index in [4.69, 9.17) is 5.26 Å². The zero-order valence-electron chi connectivity index (χ0n) is 12.5. The molecule has 2 heterocycles. The van der Waals surface area contributed by atoms with Gasteiger partial charge >= 0.3 is 0 Å². The van der Waals surface area contributed by atoms with Gasteiger partial charge in [0, 0.05) is 23.4 Å². The van der Waals surface area contributed by atoms with Crippen LogP contribution >= 0.6 is 23.1 Å². The van der Waals surface area contributed by atoms with E-state index in [1.54, 1.807) is 28.8 Å². The van der Waals surface area contributed by atoms with E-state index in [9.17, 15) is 9.18 Å². The van der Waals surface area contributed by atoms with Crippen molar-refractivity contribution < 1.29 is 9.18 Å². The Labute approximate surface area is 146 Å². The maximum atomic E-state index is 12.9. The summed E-state index contributed by atoms with van der Waals surface area (Å²) in [5.41, 5.74) is 1.50. The van der Waals surface area contributed by atoms with Crippen LogP contribution in [-0.2, 0) is 4.79 Å². The molecule has 1 aliphatic heterocycles. The van der Waals surface area contributed by atoms with Gasteiger partial charge in [0.2, 0.25) is 5.91 Å². The fourth-order valence-corrected chi connectivity index (χ4v) is 3.88. The quantitative estimate of drug-likeness (QED) is 0.898. The molecule has 0 saturated carbocycles. The van der Waals surface area contributed by atoms with Crippen molar-refractivity contribution in [2.45, 2.75) is 6.42 Å². The van der Waals surface area contributed by atoms with Gasteiger partial charge in [0.15, 0.2) is 5.13 Å². The number of carbonyl (C=O) groups excluding carboxylic acids is 1. The summed E-state index contributed by atoms with van der Waals surface area (Å²) >= 11 is 3.00. The molecule has 1 aliphatic rings. The first-order chi connectivity index (χ1) is 11.7. The number of hydrogen-bond acceptors (Lipinski definition) is 6. The van der Waals surface area contributed by atoms with Crippen molar-refractivity contribution in [3.8, 4) is 6.07 Å². The van der Waals surface area contributed by atoms with Gasteiger partial charge in [-0.1, -0.05) is 0 Å². The third kappa shape index (κ3) is 3.93. The molecule has 0 spiro atoms. The Balaban J connectivity index is 1.72. The Morgan fingerprint density at radius 1 is 1.46 bits per heavy atom. The molecule has 0 bridgehead atoms. The fraction of sp³-hybridized carbons (Fsp3) is 0.188. The molecule has 0 unspecified atom stereocenters. The van der Waals surface area contributed by atoms with Gasteiger partial charge in [-0.2, -0.15) is 5.26 Å². The van der Waals surface area contributed by atoms with Gasteiger partial charge in [0.05, 0.1) is 16.8 Å². The maximum absolute atomic E-state index is 12.9. The van der Waals surface area contributed by atoms with E-state index in [1.807, 2.05) is 17.5 Å². The van der Waals surface area contributed by atoms with E-state index in [0.717, 1.165) is 22.2 Å². The number of aromatic nitrogens is 1. The molecule has 2 aromatic rings. The number of amides is 1. The van der Waals surface area contributed by atoms with Crippen LogP contribution in [0.2, 0.25) is 0 Å². The number of nitrogens with one attached hydrogen (secondary N) is 1. The minimum Gasteiger partial charge on any atom is -0.332 e. The fourth-order valence-electron chi connectivity index (χ4n) is 2.15. The van der Waals surface area contributed by atoms with Crippen LogP contribution in [-0.4, -0.2) is 28.1 Å². The van der Waals surface area contributed by atoms with E-state index < -0.39 is 0 Å². The Hall–Kier alpha value is -2.37. The van der Waals surface area contributed by atoms with Crippen LogP contribution in [0.4, 0.5) is 15.2 Å². The van der Waals surface area contributed by atoms with Crippen LogP contribution in [0.25, 0.3) is 6.08 Å². The first kappa shape index (κ1) is 16.5. The van der Waals surface area contributed by atoms with Crippen molar-refractivity contribution in [1.82, 2.24) is 9.88 Å². The minimum atomic E-state index is -0.287. The Morgan fingerprint density at radius 2 is 2.25 bits per heavy atom. The molecule has 24 heavy (non-hydrogen) atoms. The lowest BCUT2D eigenvalue weighted by Gasteiger charge is -2.14. The van der Waals surface area contributed by atoms with E-state index in [2.05, 4.69) is 10.3 Å². The molecule has 1 saturated heterocycles. The van der Waals surface area contributed by atoms with Crippen LogP contribution in [0.1, 0.15) is 12.1 Å². The zero-order valence-corrected chi connectivity index (χ0v) is 14.2. The smallest absolute Gasteiger partial charge is 0.241 e. The summed E-state index contributed by atoms with van der Waals surface area (Å²) in [5, 5.41) is 15.2. The van der Waals surface area contributed by atoms with Gasteiger partial charge in [-0.05, 0) is 30.3 Å². The molecule has 0 radical (unpaired) electrons. The van der Waals surface area contributed by atoms with Crippen LogP contribution in [0.15, 0.2) is 34.7 Å². The highest BCUT2D eigenvalue weighted by Gasteiger charge is 2.23. The van der Waals surface area contributed by atoms with Crippen molar-refractivity contribution in [2.24, 2.45) is 0 Å². The van der Waals surface area contributed by atoms with E-state index >= 15 is 0 Å². The molecule has 1 amide bonds. The van der Waals surface area contributed by atoms with Crippen molar-refractivity contribution in [3.05, 3.63) is 46.2 Å². The lowest BCUT2D eigenvalue weighted by molar-refractivity contribution is -0.127. The number of hydrogen-bond donors (Lipinski definition) is 1. The minimum absolute atomic E-state index is 0.119. The molecular formula is C16H13FN4OS2. The number of anilines is 2. The van der Waals surface area contributed by atoms with Crippen molar-refractivity contribution in [2.75, 3.05) is 17.6 Å². The Kier molecular flexibility index (Phi) is 5.13. The van der Waals surface area contributed by atoms with Crippen molar-refractivity contribution >= 4 is 45.9 Å². The van der Waals surface area contributed by atoms with Gasteiger partial charge in [-0.25, -0.2) is 9.37 Å². The average Bonchev–Trinajstić information content (AvgIpc) is 3.20. The van der Waals surface area contributed by atoms with Crippen molar-refractivity contribution in [1.29, 1.82) is 5.26 Å². The first-order valence-corrected chi connectivity index (χ1v) is 9.02. The van der Waals surface area contributed by atoms with E-state index in [0.29, 0.717) is 11.7 Å². The number of nitrogens with zero attached hydrogens (tertiary/aromatic N) is 3. The largest absolute Gasteiger partial charge is 0.332 e. The van der Waals surface area contributed by atoms with Gasteiger partial charge in [0.25, 0.3) is 0 Å². The van der Waals surface area contributed by atoms with Gasteiger partial charge in [-0.15, -0.1) is 23.1 Å². The van der Waals surface area contributed by atoms with Gasteiger partial charge in [0.1, 0.15) is 12.2 Å². The lowest BCUT2D eigenvalue weighted by atomic mass is 10.3. The van der Waals surface area contributed by atoms with E-state index in [-0.39, 0.29) is 18.1 Å². The van der Waals surface area contributed by atoms with Gasteiger partial charge in [-0.3, -0.25) is 4.79 Å². The molecule has 0 atom stereocenters. The molecular weight excluding hydrogens is 347 g/mol. The standard InChI is InChI=1S/C16H13FN4OS2/c17-11-1-3-12(4-2-11)19-16-20-13(10-24-16)9-15-21(7-8-23-15)14(22)5-6-18/h1-4,9-10H,5,7-8H2,(H,19,20)/b15-9+. The Morgan fingerprint density at radius 3 is 3.00 bits per heavy atom. The highest BCUT2D eigenvalue weighted by molar-refractivity contribution is 8.03. The molecule has 8 heteroatoms. The van der Waals surface area contributed by atoms with Crippen LogP contribution in [0.5, 0.6) is 0 Å². The zero-order chi connectivity index (χ0) is 16.9. The summed E-state index contributed by atoms with van der Waals surface area (Å²) in [6.07, 6.45) is 1.73. The monoisotopic (exact) mass is 360 g/mol. The van der Waals surface area contributed by atoms with Crippen LogP contribution in [0.3, 0.4) is 0 Å². The molecule has 3 rings (SSSR count). The molecule has 1 aromatic heterocycles. The summed E-state index contributed by atoms with van der Waals surface area (Å²) in [5.74, 6) is 0.340. The van der Waals surface area contributed by atoms with Crippen LogP contribution in [0, 0.1) is 17.1 Å². The number of thioether (sulfide) groups is 1. The topological polar surface area (TPSA) is 69.0 Å². The average molecular weight is 360 g/mol. The Bertz CT molecular complexity index is 810. The van der Waals surface area contributed by atoms with Crippen molar-refractivity contribution in [3.63, 3.8) is 0 Å². The molecule has 1 aromatic carbocycles. The number of thiazole rings is 1. The van der Waals surface area contributed by atoms with Gasteiger partial charge < -0.3 is 10.2 Å². The highest BCUT2D eigenvalue weighted by atomic mass is 32.2. The summed E-state index contributed by atoms with van der Waals surface area (Å²) in [6, 6.07) is 7.94. The number of rotatable bonds is 4. The number of halogens is 1. The maximum Gasteiger partial charge on any atom is 0.241 e. The molecule has 0 aliphatic carbocycles. The summed E-state index contributed by atoms with van der Waals surface area (Å²) in [4.78, 5) is 18.0. The highest BCUT2D eigenvalue weighted by Crippen LogP contribution is 2.31. The predicted octanol–water partition coefficient (Wildman–Crippen LogP) is 3.81. The molecule has 1 fully saturated rings. The normalized spacial score (nSPS) is 15.5. The SMILES string of the molecule is N#CCC(=O)N1CCS/C1=C/c1csc(Nc2ccc(F)cc2)n1. The summed E-state index contributed by atoms with van der Waals surface area (Å²) < 4.78 is 12.9. The van der Waals surface area contributed by atoms with E-state index in [1.165, 1.54) is 23.5 Å². The molecule has 122 valence electrons. The number of nitriles is 1. The number of benzene rings is 1. The number of carbonyl (C=O) groups is 1. The third-order valence-corrected chi connectivity index (χ3v) is 5.05. The second-order valence-electron chi connectivity index (χ2n) is 4.92. The van der Waals surface area contributed by atoms with Crippen LogP contribution < -0.4 is 5.32 Å².